The number of hydrogen-bond acceptors (Lipinski definition) is 15. The van der Waals surface area contributed by atoms with Crippen LogP contribution in [-0.2, 0) is 32.1 Å². The SMILES string of the molecule is CN(C)c1cc(NCc2ccc([N+](=O)[O-])o2)c(O)c2c1C[C@@]1(N)C[C@@]3(N)[C@H](N(C)C)C(=O)C(C(N)=O)C(=O)[C@@]3(C#N)C(=O)C1C2=O. The number of hydrogen-bond donors (Lipinski definition) is 5. The fourth-order valence-electron chi connectivity index (χ4n) is 7.53. The van der Waals surface area contributed by atoms with E-state index in [1.165, 1.54) is 31.1 Å². The van der Waals surface area contributed by atoms with E-state index < -0.39 is 86.4 Å². The maximum Gasteiger partial charge on any atom is 0.433 e. The van der Waals surface area contributed by atoms with E-state index >= 15 is 0 Å². The Labute approximate surface area is 261 Å². The molecule has 5 rings (SSSR count). The largest absolute Gasteiger partial charge is 0.505 e. The van der Waals surface area contributed by atoms with E-state index in [0.717, 1.165) is 6.07 Å². The van der Waals surface area contributed by atoms with Crippen molar-refractivity contribution in [3.63, 3.8) is 0 Å². The third kappa shape index (κ3) is 4.14. The van der Waals surface area contributed by atoms with Gasteiger partial charge in [-0.3, -0.25) is 39.0 Å². The zero-order valence-corrected chi connectivity index (χ0v) is 25.3. The summed E-state index contributed by atoms with van der Waals surface area (Å²) in [6.07, 6.45) is -0.774. The molecule has 1 aromatic heterocycles. The Kier molecular flexibility index (Phi) is 7.31. The van der Waals surface area contributed by atoms with Crippen LogP contribution >= 0.6 is 0 Å². The van der Waals surface area contributed by atoms with Gasteiger partial charge in [-0.1, -0.05) is 0 Å². The average molecular weight is 637 g/mol. The third-order valence-corrected chi connectivity index (χ3v) is 9.33. The van der Waals surface area contributed by atoms with Crippen LogP contribution in [0, 0.1) is 38.7 Å². The second-order valence-electron chi connectivity index (χ2n) is 12.5. The van der Waals surface area contributed by atoms with Crippen LogP contribution in [-0.4, -0.2) is 89.3 Å². The number of nitro groups is 1. The summed E-state index contributed by atoms with van der Waals surface area (Å²) in [5.41, 5.74) is 12.5. The number of carbonyl (C=O) groups excluding carboxylic acids is 5. The van der Waals surface area contributed by atoms with Crippen molar-refractivity contribution in [3.8, 4) is 11.8 Å². The molecule has 3 aliphatic rings. The summed E-state index contributed by atoms with van der Waals surface area (Å²) in [5.74, 6) is -11.1. The summed E-state index contributed by atoms with van der Waals surface area (Å²) in [6.45, 7) is -0.138. The number of furan rings is 1. The molecule has 2 fully saturated rings. The average Bonchev–Trinajstić information content (AvgIpc) is 3.41. The molecule has 0 bridgehead atoms. The van der Waals surface area contributed by atoms with E-state index in [-0.39, 0.29) is 35.5 Å². The van der Waals surface area contributed by atoms with Gasteiger partial charge in [-0.25, -0.2) is 0 Å². The number of fused-ring (bicyclic) bond motifs is 3. The fourth-order valence-corrected chi connectivity index (χ4v) is 7.53. The lowest BCUT2D eigenvalue weighted by Crippen LogP contribution is -2.85. The number of aromatic hydroxyl groups is 1. The number of benzene rings is 1. The minimum atomic E-state index is -2.86. The second-order valence-corrected chi connectivity index (χ2v) is 12.5. The maximum absolute atomic E-state index is 14.5. The van der Waals surface area contributed by atoms with E-state index in [4.69, 9.17) is 21.6 Å². The first-order chi connectivity index (χ1) is 21.4. The topological polar surface area (TPSA) is 282 Å². The van der Waals surface area contributed by atoms with Crippen LogP contribution < -0.4 is 27.4 Å². The standard InChI is InChI=1S/C29H32N8O9/c1-35(2)15-7-14(34-9-12-5-6-16(46-12)37(44)45)20(38)17-13(15)8-27(32)10-29(33)23(36(3)4)22(40)18(26(31)43)24(41)28(29,11-30)25(42)19(27)21(17)39/h5-7,18-19,23,34,38H,8-10,32-33H2,1-4H3,(H2,31,43)/t18?,19?,23-,27-,28+,29-/m1/s1. The molecule has 8 N–H and O–H groups in total. The van der Waals surface area contributed by atoms with Gasteiger partial charge in [0.2, 0.25) is 5.91 Å². The zero-order chi connectivity index (χ0) is 34.3. The number of phenolic OH excluding ortho intramolecular Hbond substituents is 1. The van der Waals surface area contributed by atoms with Gasteiger partial charge in [0.25, 0.3) is 0 Å². The summed E-state index contributed by atoms with van der Waals surface area (Å²) in [4.78, 5) is 81.9. The van der Waals surface area contributed by atoms with Crippen molar-refractivity contribution in [2.75, 3.05) is 38.4 Å². The zero-order valence-electron chi connectivity index (χ0n) is 25.3. The molecule has 0 saturated heterocycles. The predicted molar refractivity (Wildman–Crippen MR) is 158 cm³/mol. The van der Waals surface area contributed by atoms with Gasteiger partial charge < -0.3 is 36.9 Å². The monoisotopic (exact) mass is 636 g/mol. The highest BCUT2D eigenvalue weighted by Crippen LogP contribution is 2.57. The van der Waals surface area contributed by atoms with Crippen LogP contribution in [0.2, 0.25) is 0 Å². The lowest BCUT2D eigenvalue weighted by atomic mass is 9.42. The number of primary amides is 1. The Balaban J connectivity index is 1.68. The molecular weight excluding hydrogens is 604 g/mol. The van der Waals surface area contributed by atoms with E-state index in [1.54, 1.807) is 25.1 Å². The number of nitriles is 1. The smallest absolute Gasteiger partial charge is 0.433 e. The van der Waals surface area contributed by atoms with Gasteiger partial charge in [0, 0.05) is 25.3 Å². The molecule has 17 heteroatoms. The first-order valence-electron chi connectivity index (χ1n) is 14.0. The van der Waals surface area contributed by atoms with Crippen LogP contribution in [0.5, 0.6) is 5.75 Å². The van der Waals surface area contributed by atoms with Crippen molar-refractivity contribution in [3.05, 3.63) is 45.2 Å². The molecule has 6 atom stereocenters. The highest BCUT2D eigenvalue weighted by atomic mass is 16.6. The molecule has 2 unspecified atom stereocenters. The van der Waals surface area contributed by atoms with Crippen LogP contribution in [0.15, 0.2) is 22.6 Å². The van der Waals surface area contributed by atoms with Crippen molar-refractivity contribution in [2.24, 2.45) is 34.5 Å². The second kappa shape index (κ2) is 10.4. The van der Waals surface area contributed by atoms with Crippen molar-refractivity contribution in [2.45, 2.75) is 36.5 Å². The summed E-state index contributed by atoms with van der Waals surface area (Å²) >= 11 is 0. The molecule has 2 saturated carbocycles. The van der Waals surface area contributed by atoms with E-state index in [0.29, 0.717) is 5.69 Å². The van der Waals surface area contributed by atoms with E-state index in [2.05, 4.69) is 5.32 Å². The van der Waals surface area contributed by atoms with Gasteiger partial charge >= 0.3 is 5.88 Å². The number of Topliss-reactive ketones (excluding diaryl/α,β-unsaturated/α-hetero) is 4. The highest BCUT2D eigenvalue weighted by Gasteiger charge is 2.78. The number of amides is 1. The number of likely N-dealkylation sites (N-methyl/N-ethyl adjacent to an activating group) is 1. The number of nitrogens with two attached hydrogens (primary N) is 3. The number of nitrogens with zero attached hydrogens (tertiary/aromatic N) is 4. The Hall–Kier alpha value is -5.18. The number of rotatable bonds is 7. The number of nitrogens with one attached hydrogen (secondary N) is 1. The molecule has 0 radical (unpaired) electrons. The molecule has 2 aromatic rings. The molecule has 1 amide bonds. The first kappa shape index (κ1) is 32.2. The van der Waals surface area contributed by atoms with Crippen molar-refractivity contribution in [1.29, 1.82) is 5.26 Å². The summed E-state index contributed by atoms with van der Waals surface area (Å²) in [5, 5.41) is 35.8. The van der Waals surface area contributed by atoms with Crippen molar-refractivity contribution >= 4 is 46.3 Å². The predicted octanol–water partition coefficient (Wildman–Crippen LogP) is -1.01. The maximum atomic E-state index is 14.5. The quantitative estimate of drug-likeness (QED) is 0.105. The van der Waals surface area contributed by atoms with E-state index in [9.17, 15) is 44.5 Å². The molecule has 1 heterocycles. The van der Waals surface area contributed by atoms with Gasteiger partial charge in [0.05, 0.1) is 41.5 Å². The fraction of sp³-hybridized carbons (Fsp3) is 0.448. The Bertz CT molecular complexity index is 1790. The van der Waals surface area contributed by atoms with Crippen LogP contribution in [0.25, 0.3) is 0 Å². The van der Waals surface area contributed by atoms with Gasteiger partial charge in [0.1, 0.15) is 22.4 Å². The van der Waals surface area contributed by atoms with Crippen molar-refractivity contribution in [1.82, 2.24) is 4.90 Å². The van der Waals surface area contributed by atoms with Gasteiger partial charge in [-0.05, 0) is 44.6 Å². The third-order valence-electron chi connectivity index (χ3n) is 9.33. The molecule has 0 aliphatic heterocycles. The van der Waals surface area contributed by atoms with Crippen LogP contribution in [0.3, 0.4) is 0 Å². The summed E-state index contributed by atoms with van der Waals surface area (Å²) in [6, 6.07) is 4.18. The Morgan fingerprint density at radius 3 is 2.37 bits per heavy atom. The van der Waals surface area contributed by atoms with Crippen LogP contribution in [0.1, 0.15) is 28.1 Å². The molecule has 242 valence electrons. The minimum absolute atomic E-state index is 0.00612. The van der Waals surface area contributed by atoms with E-state index in [1.807, 2.05) is 0 Å². The lowest BCUT2D eigenvalue weighted by Gasteiger charge is -2.60. The molecule has 17 nitrogen and oxygen atoms in total. The number of phenols is 1. The van der Waals surface area contributed by atoms with Gasteiger partial charge in [-0.15, -0.1) is 0 Å². The van der Waals surface area contributed by atoms with Crippen molar-refractivity contribution < 1.29 is 38.4 Å². The van der Waals surface area contributed by atoms with Gasteiger partial charge in [0.15, 0.2) is 34.5 Å². The van der Waals surface area contributed by atoms with Gasteiger partial charge in [-0.2, -0.15) is 5.26 Å². The Morgan fingerprint density at radius 1 is 1.20 bits per heavy atom. The molecule has 46 heavy (non-hydrogen) atoms. The van der Waals surface area contributed by atoms with Crippen LogP contribution in [0.4, 0.5) is 17.3 Å². The number of ketones is 4. The normalized spacial score (nSPS) is 30.3. The molecular formula is C29H32N8O9. The summed E-state index contributed by atoms with van der Waals surface area (Å²) in [7, 11) is 6.17. The first-order valence-corrected chi connectivity index (χ1v) is 14.0. The minimum Gasteiger partial charge on any atom is -0.505 e. The molecule has 3 aliphatic carbocycles. The molecule has 0 spiro atoms. The Morgan fingerprint density at radius 2 is 1.85 bits per heavy atom. The molecule has 1 aromatic carbocycles. The highest BCUT2D eigenvalue weighted by molar-refractivity contribution is 6.33. The number of carbonyl (C=O) groups is 5. The number of anilines is 2. The lowest BCUT2D eigenvalue weighted by molar-refractivity contribution is -0.402. The summed E-state index contributed by atoms with van der Waals surface area (Å²) < 4.78 is 5.15.